The summed E-state index contributed by atoms with van der Waals surface area (Å²) in [7, 11) is 0. The second-order valence-corrected chi connectivity index (χ2v) is 8.30. The second-order valence-electron chi connectivity index (χ2n) is 7.39. The molecule has 0 unspecified atom stereocenters. The van der Waals surface area contributed by atoms with Gasteiger partial charge in [0.15, 0.2) is 11.6 Å². The third-order valence-corrected chi connectivity index (χ3v) is 5.87. The number of rotatable bonds is 3. The van der Waals surface area contributed by atoms with E-state index in [2.05, 4.69) is 39.1 Å². The zero-order valence-electron chi connectivity index (χ0n) is 16.9. The molecule has 0 N–H and O–H groups in total. The molecule has 6 aromatic rings. The van der Waals surface area contributed by atoms with E-state index in [1.807, 2.05) is 77.4 Å². The van der Waals surface area contributed by atoms with E-state index in [0.717, 1.165) is 37.5 Å². The first-order chi connectivity index (χ1) is 15.8. The number of halogens is 1. The van der Waals surface area contributed by atoms with E-state index in [-0.39, 0.29) is 0 Å². The summed E-state index contributed by atoms with van der Waals surface area (Å²) in [5, 5.41) is 2.14. The standard InChI is InChI=1S/C26H16BrN5/c27-19-13-14-22-21(16-19)20-12-7-15-28-25(20)32(22)26-30-23(17-8-3-1-4-9-17)29-24(31-26)18-10-5-2-6-11-18/h1-16H. The lowest BCUT2D eigenvalue weighted by molar-refractivity contribution is 0.944. The lowest BCUT2D eigenvalue weighted by Crippen LogP contribution is -2.06. The van der Waals surface area contributed by atoms with Gasteiger partial charge in [-0.25, -0.2) is 9.97 Å². The Morgan fingerprint density at radius 1 is 0.625 bits per heavy atom. The number of fused-ring (bicyclic) bond motifs is 3. The van der Waals surface area contributed by atoms with Crippen LogP contribution in [0.5, 0.6) is 0 Å². The van der Waals surface area contributed by atoms with Gasteiger partial charge in [0, 0.05) is 32.6 Å². The third kappa shape index (κ3) is 3.16. The monoisotopic (exact) mass is 477 g/mol. The number of aromatic nitrogens is 5. The molecule has 0 radical (unpaired) electrons. The molecule has 3 aromatic heterocycles. The molecule has 6 rings (SSSR count). The van der Waals surface area contributed by atoms with Crippen molar-refractivity contribution in [1.29, 1.82) is 0 Å². The zero-order chi connectivity index (χ0) is 21.5. The molecule has 152 valence electrons. The zero-order valence-corrected chi connectivity index (χ0v) is 18.4. The highest BCUT2D eigenvalue weighted by Crippen LogP contribution is 2.32. The summed E-state index contributed by atoms with van der Waals surface area (Å²) >= 11 is 3.60. The first-order valence-electron chi connectivity index (χ1n) is 10.2. The highest BCUT2D eigenvalue weighted by atomic mass is 79.9. The molecule has 32 heavy (non-hydrogen) atoms. The van der Waals surface area contributed by atoms with Crippen molar-refractivity contribution in [2.24, 2.45) is 0 Å². The van der Waals surface area contributed by atoms with Crippen molar-refractivity contribution in [2.75, 3.05) is 0 Å². The Bertz CT molecular complexity index is 1520. The van der Waals surface area contributed by atoms with Crippen LogP contribution in [0.25, 0.3) is 50.7 Å². The minimum Gasteiger partial charge on any atom is -0.262 e. The maximum absolute atomic E-state index is 4.88. The van der Waals surface area contributed by atoms with Crippen LogP contribution < -0.4 is 0 Å². The summed E-state index contributed by atoms with van der Waals surface area (Å²) in [5.41, 5.74) is 3.67. The lowest BCUT2D eigenvalue weighted by Gasteiger charge is -2.10. The van der Waals surface area contributed by atoms with Gasteiger partial charge in [0.2, 0.25) is 5.95 Å². The van der Waals surface area contributed by atoms with Crippen molar-refractivity contribution in [3.05, 3.63) is 102 Å². The molecule has 0 aliphatic carbocycles. The van der Waals surface area contributed by atoms with E-state index >= 15 is 0 Å². The molecule has 0 fully saturated rings. The van der Waals surface area contributed by atoms with E-state index in [9.17, 15) is 0 Å². The minimum absolute atomic E-state index is 0.540. The molecule has 6 heteroatoms. The summed E-state index contributed by atoms with van der Waals surface area (Å²) < 4.78 is 3.02. The van der Waals surface area contributed by atoms with E-state index in [1.165, 1.54) is 0 Å². The van der Waals surface area contributed by atoms with Crippen molar-refractivity contribution in [3.63, 3.8) is 0 Å². The fraction of sp³-hybridized carbons (Fsp3) is 0. The van der Waals surface area contributed by atoms with Gasteiger partial charge < -0.3 is 0 Å². The molecule has 0 saturated heterocycles. The van der Waals surface area contributed by atoms with Gasteiger partial charge in [-0.05, 0) is 30.3 Å². The molecule has 0 aliphatic heterocycles. The predicted molar refractivity (Wildman–Crippen MR) is 131 cm³/mol. The Kier molecular flexibility index (Phi) is 4.51. The van der Waals surface area contributed by atoms with Gasteiger partial charge >= 0.3 is 0 Å². The average molecular weight is 478 g/mol. The highest BCUT2D eigenvalue weighted by molar-refractivity contribution is 9.10. The maximum atomic E-state index is 4.88. The van der Waals surface area contributed by atoms with E-state index < -0.39 is 0 Å². The molecule has 0 aliphatic rings. The normalized spacial score (nSPS) is 11.3. The molecule has 0 bridgehead atoms. The molecule has 5 nitrogen and oxygen atoms in total. The lowest BCUT2D eigenvalue weighted by atomic mass is 10.2. The number of pyridine rings is 1. The van der Waals surface area contributed by atoms with Crippen molar-refractivity contribution in [3.8, 4) is 28.7 Å². The van der Waals surface area contributed by atoms with Gasteiger partial charge in [-0.1, -0.05) is 76.6 Å². The largest absolute Gasteiger partial charge is 0.262 e. The second kappa shape index (κ2) is 7.66. The van der Waals surface area contributed by atoms with Crippen molar-refractivity contribution < 1.29 is 0 Å². The van der Waals surface area contributed by atoms with Gasteiger partial charge in [0.1, 0.15) is 5.65 Å². The average Bonchev–Trinajstić information content (AvgIpc) is 3.18. The van der Waals surface area contributed by atoms with Gasteiger partial charge in [0.25, 0.3) is 0 Å². The quantitative estimate of drug-likeness (QED) is 0.293. The third-order valence-electron chi connectivity index (χ3n) is 5.38. The van der Waals surface area contributed by atoms with Gasteiger partial charge in [-0.3, -0.25) is 4.57 Å². The van der Waals surface area contributed by atoms with E-state index in [1.54, 1.807) is 6.20 Å². The fourth-order valence-electron chi connectivity index (χ4n) is 3.92. The van der Waals surface area contributed by atoms with Crippen LogP contribution in [0.1, 0.15) is 0 Å². The summed E-state index contributed by atoms with van der Waals surface area (Å²) in [6, 6.07) is 30.2. The SMILES string of the molecule is Brc1ccc2c(c1)c1cccnc1n2-c1nc(-c2ccccc2)nc(-c2ccccc2)n1. The Hall–Kier alpha value is -3.90. The Balaban J connectivity index is 1.70. The number of benzene rings is 3. The van der Waals surface area contributed by atoms with E-state index in [4.69, 9.17) is 15.0 Å². The highest BCUT2D eigenvalue weighted by Gasteiger charge is 2.18. The van der Waals surface area contributed by atoms with Crippen molar-refractivity contribution >= 4 is 37.9 Å². The van der Waals surface area contributed by atoms with Gasteiger partial charge in [-0.15, -0.1) is 0 Å². The van der Waals surface area contributed by atoms with Crippen LogP contribution in [0.2, 0.25) is 0 Å². The molecule has 0 spiro atoms. The van der Waals surface area contributed by atoms with Crippen LogP contribution in [0, 0.1) is 0 Å². The molecule has 0 amide bonds. The van der Waals surface area contributed by atoms with Crippen molar-refractivity contribution in [2.45, 2.75) is 0 Å². The first kappa shape index (κ1) is 18.8. The van der Waals surface area contributed by atoms with Crippen LogP contribution in [0.15, 0.2) is 102 Å². The van der Waals surface area contributed by atoms with Crippen LogP contribution >= 0.6 is 15.9 Å². The van der Waals surface area contributed by atoms with Gasteiger partial charge in [-0.2, -0.15) is 9.97 Å². The Labute approximate surface area is 192 Å². The Morgan fingerprint density at radius 2 is 1.28 bits per heavy atom. The molecule has 3 aromatic carbocycles. The maximum Gasteiger partial charge on any atom is 0.240 e. The van der Waals surface area contributed by atoms with Crippen molar-refractivity contribution in [1.82, 2.24) is 24.5 Å². The molecule has 0 atom stereocenters. The molecule has 3 heterocycles. The smallest absolute Gasteiger partial charge is 0.240 e. The van der Waals surface area contributed by atoms with Crippen LogP contribution in [-0.2, 0) is 0 Å². The number of hydrogen-bond donors (Lipinski definition) is 0. The summed E-state index contributed by atoms with van der Waals surface area (Å²) in [6.45, 7) is 0. The minimum atomic E-state index is 0.540. The first-order valence-corrected chi connectivity index (χ1v) is 11.0. The van der Waals surface area contributed by atoms with Crippen LogP contribution in [0.4, 0.5) is 0 Å². The Morgan fingerprint density at radius 3 is 1.94 bits per heavy atom. The topological polar surface area (TPSA) is 56.5 Å². The summed E-state index contributed by atoms with van der Waals surface area (Å²) in [6.07, 6.45) is 1.80. The van der Waals surface area contributed by atoms with Crippen LogP contribution in [-0.4, -0.2) is 24.5 Å². The molecule has 0 saturated carbocycles. The molecular formula is C26H16BrN5. The summed E-state index contributed by atoms with van der Waals surface area (Å²) in [5.74, 6) is 1.79. The van der Waals surface area contributed by atoms with Crippen LogP contribution in [0.3, 0.4) is 0 Å². The number of hydrogen-bond acceptors (Lipinski definition) is 4. The number of nitrogens with zero attached hydrogens (tertiary/aromatic N) is 5. The van der Waals surface area contributed by atoms with E-state index in [0.29, 0.717) is 17.6 Å². The molecular weight excluding hydrogens is 462 g/mol. The summed E-state index contributed by atoms with van der Waals surface area (Å²) in [4.78, 5) is 19.2. The van der Waals surface area contributed by atoms with Gasteiger partial charge in [0.05, 0.1) is 5.52 Å². The fourth-order valence-corrected chi connectivity index (χ4v) is 4.28. The predicted octanol–water partition coefficient (Wildman–Crippen LogP) is 6.46.